The predicted octanol–water partition coefficient (Wildman–Crippen LogP) is 2.83. The molecule has 0 aliphatic carbocycles. The molecule has 0 aromatic heterocycles. The Hall–Kier alpha value is -2.03. The minimum atomic E-state index is -3.30. The Morgan fingerprint density at radius 2 is 1.89 bits per heavy atom. The number of fused-ring (bicyclic) bond motifs is 2. The predicted molar refractivity (Wildman–Crippen MR) is 111 cm³/mol. The Morgan fingerprint density at radius 3 is 2.54 bits per heavy atom. The van der Waals surface area contributed by atoms with Crippen LogP contribution in [0, 0.1) is 0 Å². The van der Waals surface area contributed by atoms with Crippen LogP contribution in [-0.2, 0) is 10.0 Å². The first-order valence-electron chi connectivity index (χ1n) is 9.28. The van der Waals surface area contributed by atoms with E-state index in [1.165, 1.54) is 18.2 Å². The van der Waals surface area contributed by atoms with Crippen molar-refractivity contribution >= 4 is 33.4 Å². The number of carbonyl (C=O) groups is 1. The lowest BCUT2D eigenvalue weighted by Crippen LogP contribution is -2.42. The number of benzene rings is 2. The number of nitrogens with one attached hydrogen (secondary N) is 3. The molecule has 2 fully saturated rings. The fourth-order valence-electron chi connectivity index (χ4n) is 3.88. The third kappa shape index (κ3) is 4.68. The molecular formula is C20H23N3O3S2. The maximum Gasteiger partial charge on any atom is 0.251 e. The Bertz CT molecular complexity index is 976. The monoisotopic (exact) mass is 417 g/mol. The Kier molecular flexibility index (Phi) is 5.35. The molecule has 28 heavy (non-hydrogen) atoms. The molecule has 2 aromatic rings. The second-order valence-corrected chi connectivity index (χ2v) is 10.3. The number of sulfonamides is 1. The third-order valence-electron chi connectivity index (χ3n) is 5.11. The van der Waals surface area contributed by atoms with E-state index < -0.39 is 10.0 Å². The number of carbonyl (C=O) groups excluding carboxylic acids is 1. The standard InChI is InChI=1S/C20H23N3O3S2/c1-28(25,26)23-15-3-2-4-17(11-15)27-16-8-5-13(6-9-16)20(24)22-19-12-14-7-10-18(19)21-14/h2-6,8-9,11,14,18-19,21,23H,7,10,12H2,1H3,(H,22,24)/t14-,18+,19-/m1/s1. The second-order valence-electron chi connectivity index (χ2n) is 7.39. The fraction of sp³-hybridized carbons (Fsp3) is 0.350. The number of anilines is 1. The number of amides is 1. The van der Waals surface area contributed by atoms with Gasteiger partial charge < -0.3 is 10.6 Å². The summed E-state index contributed by atoms with van der Waals surface area (Å²) in [5, 5.41) is 6.68. The maximum absolute atomic E-state index is 12.5. The quantitative estimate of drug-likeness (QED) is 0.673. The molecule has 2 aliphatic heterocycles. The van der Waals surface area contributed by atoms with Gasteiger partial charge in [-0.05, 0) is 61.7 Å². The van der Waals surface area contributed by atoms with E-state index in [4.69, 9.17) is 0 Å². The van der Waals surface area contributed by atoms with E-state index in [2.05, 4.69) is 15.4 Å². The minimum absolute atomic E-state index is 0.0322. The van der Waals surface area contributed by atoms with Crippen molar-refractivity contribution in [3.63, 3.8) is 0 Å². The van der Waals surface area contributed by atoms with E-state index in [0.717, 1.165) is 28.9 Å². The van der Waals surface area contributed by atoms with Gasteiger partial charge in [-0.25, -0.2) is 8.42 Å². The van der Waals surface area contributed by atoms with Crippen LogP contribution in [0.2, 0.25) is 0 Å². The normalized spacial score (nSPS) is 23.5. The van der Waals surface area contributed by atoms with Crippen molar-refractivity contribution in [3.05, 3.63) is 54.1 Å². The van der Waals surface area contributed by atoms with Gasteiger partial charge in [0.25, 0.3) is 5.91 Å². The van der Waals surface area contributed by atoms with Crippen molar-refractivity contribution in [1.29, 1.82) is 0 Å². The van der Waals surface area contributed by atoms with Gasteiger partial charge in [0.1, 0.15) is 0 Å². The van der Waals surface area contributed by atoms with Crippen LogP contribution in [0.3, 0.4) is 0 Å². The molecule has 3 N–H and O–H groups in total. The minimum Gasteiger partial charge on any atom is -0.348 e. The molecule has 1 amide bonds. The van der Waals surface area contributed by atoms with Gasteiger partial charge in [0.15, 0.2) is 0 Å². The van der Waals surface area contributed by atoms with E-state index in [1.807, 2.05) is 30.3 Å². The first-order chi connectivity index (χ1) is 13.4. The molecule has 2 aliphatic rings. The number of hydrogen-bond acceptors (Lipinski definition) is 5. The lowest BCUT2D eigenvalue weighted by Gasteiger charge is -2.21. The van der Waals surface area contributed by atoms with Crippen LogP contribution in [-0.4, -0.2) is 38.7 Å². The highest BCUT2D eigenvalue weighted by Crippen LogP contribution is 2.30. The zero-order valence-electron chi connectivity index (χ0n) is 15.5. The van der Waals surface area contributed by atoms with E-state index in [-0.39, 0.29) is 11.9 Å². The Morgan fingerprint density at radius 1 is 1.11 bits per heavy atom. The van der Waals surface area contributed by atoms with Crippen molar-refractivity contribution in [3.8, 4) is 0 Å². The van der Waals surface area contributed by atoms with Crippen molar-refractivity contribution in [2.75, 3.05) is 11.0 Å². The fourth-order valence-corrected chi connectivity index (χ4v) is 5.31. The lowest BCUT2D eigenvalue weighted by atomic mass is 9.95. The van der Waals surface area contributed by atoms with Crippen LogP contribution < -0.4 is 15.4 Å². The molecule has 0 saturated carbocycles. The first kappa shape index (κ1) is 19.3. The topological polar surface area (TPSA) is 87.3 Å². The van der Waals surface area contributed by atoms with Crippen LogP contribution in [0.4, 0.5) is 5.69 Å². The van der Waals surface area contributed by atoms with Gasteiger partial charge in [-0.2, -0.15) is 0 Å². The summed E-state index contributed by atoms with van der Waals surface area (Å²) >= 11 is 1.51. The van der Waals surface area contributed by atoms with E-state index in [9.17, 15) is 13.2 Å². The van der Waals surface area contributed by atoms with Crippen LogP contribution in [0.1, 0.15) is 29.6 Å². The highest BCUT2D eigenvalue weighted by Gasteiger charge is 2.39. The summed E-state index contributed by atoms with van der Waals surface area (Å²) in [6.07, 6.45) is 4.49. The molecule has 2 bridgehead atoms. The highest BCUT2D eigenvalue weighted by atomic mass is 32.2. The summed E-state index contributed by atoms with van der Waals surface area (Å²) < 4.78 is 25.2. The van der Waals surface area contributed by atoms with Gasteiger partial charge in [0.2, 0.25) is 10.0 Å². The number of rotatable bonds is 6. The molecule has 6 nitrogen and oxygen atoms in total. The summed E-state index contributed by atoms with van der Waals surface area (Å²) in [5.74, 6) is -0.0322. The van der Waals surface area contributed by atoms with Crippen LogP contribution in [0.5, 0.6) is 0 Å². The molecular weight excluding hydrogens is 394 g/mol. The molecule has 2 heterocycles. The van der Waals surface area contributed by atoms with Crippen molar-refractivity contribution in [2.45, 2.75) is 47.2 Å². The van der Waals surface area contributed by atoms with Gasteiger partial charge in [-0.1, -0.05) is 17.8 Å². The Balaban J connectivity index is 1.38. The van der Waals surface area contributed by atoms with Crippen molar-refractivity contribution < 1.29 is 13.2 Å². The molecule has 8 heteroatoms. The SMILES string of the molecule is CS(=O)(=O)Nc1cccc(Sc2ccc(C(=O)N[C@@H]3C[C@H]4CC[C@@H]3N4)cc2)c1. The number of hydrogen-bond donors (Lipinski definition) is 3. The maximum atomic E-state index is 12.5. The molecule has 3 atom stereocenters. The summed E-state index contributed by atoms with van der Waals surface area (Å²) in [4.78, 5) is 14.4. The van der Waals surface area contributed by atoms with Crippen molar-refractivity contribution in [2.24, 2.45) is 0 Å². The van der Waals surface area contributed by atoms with E-state index >= 15 is 0 Å². The van der Waals surface area contributed by atoms with Gasteiger partial charge >= 0.3 is 0 Å². The molecule has 0 spiro atoms. The van der Waals surface area contributed by atoms with Crippen LogP contribution >= 0.6 is 11.8 Å². The molecule has 2 saturated heterocycles. The Labute approximate surface area is 169 Å². The second kappa shape index (κ2) is 7.77. The van der Waals surface area contributed by atoms with E-state index in [0.29, 0.717) is 23.3 Å². The first-order valence-corrected chi connectivity index (χ1v) is 12.0. The highest BCUT2D eigenvalue weighted by molar-refractivity contribution is 7.99. The van der Waals surface area contributed by atoms with E-state index in [1.54, 1.807) is 18.2 Å². The van der Waals surface area contributed by atoms with Gasteiger partial charge in [0, 0.05) is 39.2 Å². The van der Waals surface area contributed by atoms with Gasteiger partial charge in [-0.3, -0.25) is 9.52 Å². The van der Waals surface area contributed by atoms with Gasteiger partial charge in [0.05, 0.1) is 6.26 Å². The average Bonchev–Trinajstić information content (AvgIpc) is 3.24. The molecule has 2 aromatic carbocycles. The van der Waals surface area contributed by atoms with Crippen molar-refractivity contribution in [1.82, 2.24) is 10.6 Å². The van der Waals surface area contributed by atoms with Gasteiger partial charge in [-0.15, -0.1) is 0 Å². The molecule has 0 unspecified atom stereocenters. The molecule has 4 rings (SSSR count). The smallest absolute Gasteiger partial charge is 0.251 e. The summed E-state index contributed by atoms with van der Waals surface area (Å²) in [6.45, 7) is 0. The third-order valence-corrected chi connectivity index (χ3v) is 6.71. The summed E-state index contributed by atoms with van der Waals surface area (Å²) in [6, 6.07) is 15.9. The van der Waals surface area contributed by atoms with Crippen LogP contribution in [0.25, 0.3) is 0 Å². The molecule has 0 radical (unpaired) electrons. The largest absolute Gasteiger partial charge is 0.348 e. The van der Waals surface area contributed by atoms with Crippen LogP contribution in [0.15, 0.2) is 58.3 Å². The lowest BCUT2D eigenvalue weighted by molar-refractivity contribution is 0.0931. The summed E-state index contributed by atoms with van der Waals surface area (Å²) in [7, 11) is -3.30. The summed E-state index contributed by atoms with van der Waals surface area (Å²) in [5.41, 5.74) is 1.18. The zero-order valence-corrected chi connectivity index (χ0v) is 17.1. The average molecular weight is 418 g/mol. The molecule has 148 valence electrons. The zero-order chi connectivity index (χ0) is 19.7.